The Morgan fingerprint density at radius 1 is 1.55 bits per heavy atom. The normalized spacial score (nSPS) is 9.91. The summed E-state index contributed by atoms with van der Waals surface area (Å²) in [5.74, 6) is 0.0956. The third-order valence-corrected chi connectivity index (χ3v) is 1.31. The number of phenols is 1. The molecule has 1 aromatic carbocycles. The number of aromatic hydroxyl groups is 1. The Hall–Kier alpha value is -1.26. The molecule has 0 aliphatic rings. The molecule has 0 saturated heterocycles. The number of benzene rings is 1. The van der Waals surface area contributed by atoms with E-state index in [2.05, 4.69) is 0 Å². The second-order valence-electron chi connectivity index (χ2n) is 2.17. The average molecular weight is 155 g/mol. The first-order chi connectivity index (χ1) is 5.24. The first kappa shape index (κ1) is 7.84. The first-order valence-electron chi connectivity index (χ1n) is 3.18. The van der Waals surface area contributed by atoms with E-state index in [1.165, 1.54) is 6.07 Å². The second-order valence-corrected chi connectivity index (χ2v) is 2.17. The Morgan fingerprint density at radius 2 is 2.27 bits per heavy atom. The van der Waals surface area contributed by atoms with E-state index in [0.717, 1.165) is 5.69 Å². The fourth-order valence-electron chi connectivity index (χ4n) is 0.782. The number of phenolic OH excluding ortho intramolecular Hbond substituents is 1. The van der Waals surface area contributed by atoms with E-state index in [1.54, 1.807) is 24.7 Å². The van der Waals surface area contributed by atoms with Gasteiger partial charge in [-0.15, -0.1) is 0 Å². The van der Waals surface area contributed by atoms with Crippen molar-refractivity contribution in [1.82, 2.24) is 0 Å². The molecule has 0 bridgehead atoms. The molecular weight excluding hydrogens is 144 g/mol. The van der Waals surface area contributed by atoms with E-state index in [0.29, 0.717) is 5.69 Å². The molecule has 0 aliphatic carbocycles. The molecule has 0 saturated carbocycles. The number of rotatable bonds is 2. The lowest BCUT2D eigenvalue weighted by Crippen LogP contribution is -2.75. The number of anilines is 1. The molecule has 1 aromatic rings. The molecule has 1 rings (SSSR count). The van der Waals surface area contributed by atoms with Gasteiger partial charge in [0, 0.05) is 12.1 Å². The summed E-state index contributed by atoms with van der Waals surface area (Å²) >= 11 is 0. The smallest absolute Gasteiger partial charge is 0.164 e. The summed E-state index contributed by atoms with van der Waals surface area (Å²) in [5, 5.41) is 9.03. The van der Waals surface area contributed by atoms with Crippen LogP contribution in [0.3, 0.4) is 0 Å². The van der Waals surface area contributed by atoms with Gasteiger partial charge in [-0.3, -0.25) is 0 Å². The van der Waals surface area contributed by atoms with Crippen molar-refractivity contribution in [2.45, 2.75) is 0 Å². The molecular formula is C7H11N2O2+. The molecule has 0 unspecified atom stereocenters. The van der Waals surface area contributed by atoms with Crippen molar-refractivity contribution in [2.75, 3.05) is 12.8 Å². The summed E-state index contributed by atoms with van der Waals surface area (Å²) in [4.78, 5) is 4.76. The van der Waals surface area contributed by atoms with Gasteiger partial charge in [0.2, 0.25) is 0 Å². The molecule has 0 aromatic heterocycles. The highest BCUT2D eigenvalue weighted by molar-refractivity contribution is 5.56. The molecule has 0 atom stereocenters. The Kier molecular flexibility index (Phi) is 2.30. The van der Waals surface area contributed by atoms with E-state index in [9.17, 15) is 0 Å². The van der Waals surface area contributed by atoms with Crippen LogP contribution in [-0.4, -0.2) is 12.2 Å². The Morgan fingerprint density at radius 3 is 2.82 bits per heavy atom. The van der Waals surface area contributed by atoms with E-state index < -0.39 is 0 Å². The van der Waals surface area contributed by atoms with Gasteiger partial charge in [0.25, 0.3) is 0 Å². The molecule has 11 heavy (non-hydrogen) atoms. The summed E-state index contributed by atoms with van der Waals surface area (Å²) in [6.07, 6.45) is 0. The van der Waals surface area contributed by atoms with Crippen LogP contribution in [0.25, 0.3) is 0 Å². The van der Waals surface area contributed by atoms with Gasteiger partial charge in [-0.25, -0.2) is 4.84 Å². The van der Waals surface area contributed by atoms with Gasteiger partial charge >= 0.3 is 0 Å². The number of nitrogens with two attached hydrogens (primary N) is 2. The SMILES string of the molecule is CO[NH2+]c1ccc(O)c(N)c1. The maximum absolute atomic E-state index is 9.03. The van der Waals surface area contributed by atoms with Gasteiger partial charge in [0.1, 0.15) is 5.75 Å². The molecule has 0 heterocycles. The number of hydrogen-bond acceptors (Lipinski definition) is 3. The van der Waals surface area contributed by atoms with Crippen LogP contribution in [0.5, 0.6) is 5.75 Å². The number of quaternary nitrogens is 1. The lowest BCUT2D eigenvalue weighted by Gasteiger charge is -1.99. The monoisotopic (exact) mass is 155 g/mol. The highest BCUT2D eigenvalue weighted by Crippen LogP contribution is 2.20. The highest BCUT2D eigenvalue weighted by atomic mass is 16.6. The minimum Gasteiger partial charge on any atom is -0.506 e. The quantitative estimate of drug-likeness (QED) is 0.238. The van der Waals surface area contributed by atoms with Crippen LogP contribution < -0.4 is 11.2 Å². The van der Waals surface area contributed by atoms with Crippen LogP contribution in [0.4, 0.5) is 11.4 Å². The van der Waals surface area contributed by atoms with Crippen LogP contribution >= 0.6 is 0 Å². The zero-order valence-corrected chi connectivity index (χ0v) is 6.24. The Bertz CT molecular complexity index is 250. The lowest BCUT2D eigenvalue weighted by atomic mass is 10.3. The van der Waals surface area contributed by atoms with Crippen molar-refractivity contribution >= 4 is 11.4 Å². The molecule has 4 nitrogen and oxygen atoms in total. The van der Waals surface area contributed by atoms with Gasteiger partial charge in [-0.2, -0.15) is 5.48 Å². The molecule has 5 N–H and O–H groups in total. The molecule has 60 valence electrons. The molecule has 0 spiro atoms. The second kappa shape index (κ2) is 3.23. The number of nitrogen functional groups attached to an aromatic ring is 1. The van der Waals surface area contributed by atoms with Crippen LogP contribution in [0.2, 0.25) is 0 Å². The van der Waals surface area contributed by atoms with Crippen LogP contribution in [0.15, 0.2) is 18.2 Å². The highest BCUT2D eigenvalue weighted by Gasteiger charge is 2.00. The van der Waals surface area contributed by atoms with E-state index in [4.69, 9.17) is 15.7 Å². The minimum atomic E-state index is 0.0956. The molecule has 0 fully saturated rings. The van der Waals surface area contributed by atoms with Crippen molar-refractivity contribution in [3.63, 3.8) is 0 Å². The average Bonchev–Trinajstić information content (AvgIpc) is 1.98. The minimum absolute atomic E-state index is 0.0956. The van der Waals surface area contributed by atoms with Crippen molar-refractivity contribution in [3.05, 3.63) is 18.2 Å². The first-order valence-corrected chi connectivity index (χ1v) is 3.18. The topological polar surface area (TPSA) is 72.1 Å². The number of hydrogen-bond donors (Lipinski definition) is 3. The fraction of sp³-hybridized carbons (Fsp3) is 0.143. The van der Waals surface area contributed by atoms with Crippen molar-refractivity contribution in [2.24, 2.45) is 0 Å². The van der Waals surface area contributed by atoms with E-state index >= 15 is 0 Å². The van der Waals surface area contributed by atoms with Crippen LogP contribution in [0, 0.1) is 0 Å². The van der Waals surface area contributed by atoms with Crippen molar-refractivity contribution < 1.29 is 15.4 Å². The van der Waals surface area contributed by atoms with Gasteiger partial charge < -0.3 is 10.8 Å². The zero-order chi connectivity index (χ0) is 8.27. The maximum Gasteiger partial charge on any atom is 0.164 e. The standard InChI is InChI=1S/C7H10N2O2/c1-11-9-5-2-3-7(10)6(8)4-5/h2-4,9-10H,8H2,1H3/p+1. The summed E-state index contributed by atoms with van der Waals surface area (Å²) in [6, 6.07) is 4.88. The van der Waals surface area contributed by atoms with E-state index in [-0.39, 0.29) is 5.75 Å². The molecule has 0 amide bonds. The van der Waals surface area contributed by atoms with Gasteiger partial charge in [-0.1, -0.05) is 0 Å². The Labute approximate surface area is 64.5 Å². The Balaban J connectivity index is 2.86. The largest absolute Gasteiger partial charge is 0.506 e. The predicted octanol–water partition coefficient (Wildman–Crippen LogP) is -0.269. The maximum atomic E-state index is 9.03. The third kappa shape index (κ3) is 1.83. The molecule has 4 heteroatoms. The van der Waals surface area contributed by atoms with Crippen LogP contribution in [-0.2, 0) is 4.84 Å². The van der Waals surface area contributed by atoms with Gasteiger partial charge in [-0.05, 0) is 6.07 Å². The van der Waals surface area contributed by atoms with Gasteiger partial charge in [0.15, 0.2) is 5.69 Å². The third-order valence-electron chi connectivity index (χ3n) is 1.31. The summed E-state index contributed by atoms with van der Waals surface area (Å²) in [7, 11) is 1.56. The van der Waals surface area contributed by atoms with Crippen molar-refractivity contribution in [1.29, 1.82) is 0 Å². The van der Waals surface area contributed by atoms with Crippen LogP contribution in [0.1, 0.15) is 0 Å². The summed E-state index contributed by atoms with van der Waals surface area (Å²) in [5.41, 5.74) is 8.17. The van der Waals surface area contributed by atoms with E-state index in [1.807, 2.05) is 0 Å². The fourth-order valence-corrected chi connectivity index (χ4v) is 0.782. The predicted molar refractivity (Wildman–Crippen MR) is 41.1 cm³/mol. The summed E-state index contributed by atoms with van der Waals surface area (Å²) in [6.45, 7) is 0. The summed E-state index contributed by atoms with van der Waals surface area (Å²) < 4.78 is 0. The van der Waals surface area contributed by atoms with Crippen molar-refractivity contribution in [3.8, 4) is 5.75 Å². The van der Waals surface area contributed by atoms with Gasteiger partial charge in [0.05, 0.1) is 12.8 Å². The molecule has 0 radical (unpaired) electrons. The zero-order valence-electron chi connectivity index (χ0n) is 6.24. The lowest BCUT2D eigenvalue weighted by molar-refractivity contribution is -0.830. The molecule has 0 aliphatic heterocycles.